The largest absolute Gasteiger partial charge is 0.396 e. The molecule has 0 saturated heterocycles. The molecule has 0 atom stereocenters. The molecule has 0 aromatic carbocycles. The highest BCUT2D eigenvalue weighted by Crippen LogP contribution is 2.24. The lowest BCUT2D eigenvalue weighted by atomic mass is 9.87. The number of nitrogens with zero attached hydrogens (tertiary/aromatic N) is 3. The summed E-state index contributed by atoms with van der Waals surface area (Å²) in [7, 11) is 0. The van der Waals surface area contributed by atoms with Crippen molar-refractivity contribution in [3.8, 4) is 0 Å². The quantitative estimate of drug-likeness (QED) is 0.512. The summed E-state index contributed by atoms with van der Waals surface area (Å²) in [4.78, 5) is 22.3. The van der Waals surface area contributed by atoms with Gasteiger partial charge in [-0.05, 0) is 20.3 Å². The van der Waals surface area contributed by atoms with Crippen LogP contribution in [0.4, 0.5) is 5.95 Å². The molecule has 0 aliphatic carbocycles. The van der Waals surface area contributed by atoms with Gasteiger partial charge in [-0.1, -0.05) is 0 Å². The number of fused-ring (bicyclic) bond motifs is 1. The third kappa shape index (κ3) is 3.87. The van der Waals surface area contributed by atoms with E-state index in [0.29, 0.717) is 18.6 Å². The fourth-order valence-electron chi connectivity index (χ4n) is 2.21. The van der Waals surface area contributed by atoms with Gasteiger partial charge in [0, 0.05) is 12.0 Å². The molecule has 2 rings (SSSR count). The smallest absolute Gasteiger partial charge is 0.280 e. The summed E-state index contributed by atoms with van der Waals surface area (Å²) >= 11 is 0. The normalized spacial score (nSPS) is 12.4. The number of hydrogen-bond acceptors (Lipinski definition) is 7. The van der Waals surface area contributed by atoms with Gasteiger partial charge in [-0.3, -0.25) is 9.78 Å². The molecule has 128 valence electrons. The number of nitrogens with one attached hydrogen (secondary N) is 1. The first kappa shape index (κ1) is 17.4. The van der Waals surface area contributed by atoms with Gasteiger partial charge in [-0.25, -0.2) is 4.98 Å². The predicted molar refractivity (Wildman–Crippen MR) is 84.9 cm³/mol. The zero-order chi connectivity index (χ0) is 17.0. The van der Waals surface area contributed by atoms with E-state index in [0.717, 1.165) is 0 Å². The highest BCUT2D eigenvalue weighted by atomic mass is 16.5. The third-order valence-corrected chi connectivity index (χ3v) is 3.77. The average molecular weight is 325 g/mol. The molecule has 0 saturated carbocycles. The van der Waals surface area contributed by atoms with Gasteiger partial charge in [0.2, 0.25) is 5.95 Å². The van der Waals surface area contributed by atoms with Gasteiger partial charge in [-0.2, -0.15) is 4.98 Å². The Hall–Kier alpha value is -1.97. The van der Waals surface area contributed by atoms with Crippen LogP contribution < -0.4 is 11.3 Å². The van der Waals surface area contributed by atoms with Gasteiger partial charge in [0.05, 0.1) is 32.3 Å². The Morgan fingerprint density at radius 2 is 2.13 bits per heavy atom. The molecule has 5 N–H and O–H groups in total. The van der Waals surface area contributed by atoms with Crippen LogP contribution in [0.2, 0.25) is 0 Å². The maximum Gasteiger partial charge on any atom is 0.280 e. The summed E-state index contributed by atoms with van der Waals surface area (Å²) in [5, 5.41) is 19.3. The van der Waals surface area contributed by atoms with Crippen molar-refractivity contribution in [2.45, 2.75) is 32.9 Å². The lowest BCUT2D eigenvalue weighted by molar-refractivity contribution is -0.0531. The van der Waals surface area contributed by atoms with Crippen molar-refractivity contribution in [1.29, 1.82) is 0 Å². The first-order chi connectivity index (χ1) is 10.9. The Kier molecular flexibility index (Phi) is 5.34. The van der Waals surface area contributed by atoms with Crippen LogP contribution in [0, 0.1) is 5.41 Å². The molecule has 0 aliphatic rings. The second kappa shape index (κ2) is 7.07. The summed E-state index contributed by atoms with van der Waals surface area (Å²) in [6.07, 6.45) is 1.93. The van der Waals surface area contributed by atoms with E-state index in [1.807, 2.05) is 13.8 Å². The highest BCUT2D eigenvalue weighted by molar-refractivity contribution is 5.70. The third-order valence-electron chi connectivity index (χ3n) is 3.77. The van der Waals surface area contributed by atoms with E-state index in [9.17, 15) is 15.0 Å². The summed E-state index contributed by atoms with van der Waals surface area (Å²) < 4.78 is 7.23. The number of aliphatic hydroxyl groups excluding tert-OH is 2. The molecule has 0 aliphatic heterocycles. The second-order valence-electron chi connectivity index (χ2n) is 5.99. The van der Waals surface area contributed by atoms with Crippen LogP contribution in [0.1, 0.15) is 20.3 Å². The number of nitrogen functional groups attached to an aromatic ring is 1. The van der Waals surface area contributed by atoms with Crippen LogP contribution in [-0.2, 0) is 11.3 Å². The van der Waals surface area contributed by atoms with Crippen molar-refractivity contribution in [2.24, 2.45) is 5.41 Å². The number of anilines is 1. The minimum absolute atomic E-state index is 0.00146. The summed E-state index contributed by atoms with van der Waals surface area (Å²) in [5.41, 5.74) is 4.97. The molecule has 0 bridgehead atoms. The molecule has 23 heavy (non-hydrogen) atoms. The zero-order valence-electron chi connectivity index (χ0n) is 13.3. The fourth-order valence-corrected chi connectivity index (χ4v) is 2.21. The molecule has 9 nitrogen and oxygen atoms in total. The van der Waals surface area contributed by atoms with E-state index in [1.54, 1.807) is 4.57 Å². The van der Waals surface area contributed by atoms with E-state index in [1.165, 1.54) is 6.33 Å². The first-order valence-electron chi connectivity index (χ1n) is 7.45. The van der Waals surface area contributed by atoms with Crippen molar-refractivity contribution in [3.05, 3.63) is 16.7 Å². The standard InChI is InChI=1S/C14H23N5O4/c1-9(2)23-7-14(5-20,6-21)3-4-19-8-16-10-11(19)17-13(15)18-12(10)22/h8-9,20-21H,3-7H2,1-2H3,(H3,15,17,18,22). The Labute approximate surface area is 133 Å². The minimum Gasteiger partial charge on any atom is -0.396 e. The molecular formula is C14H23N5O4. The van der Waals surface area contributed by atoms with E-state index >= 15 is 0 Å². The van der Waals surface area contributed by atoms with Crippen LogP contribution in [0.3, 0.4) is 0 Å². The summed E-state index contributed by atoms with van der Waals surface area (Å²) in [5.74, 6) is 0.0166. The molecule has 0 radical (unpaired) electrons. The van der Waals surface area contributed by atoms with Crippen LogP contribution in [0.15, 0.2) is 11.1 Å². The van der Waals surface area contributed by atoms with Crippen molar-refractivity contribution in [1.82, 2.24) is 19.5 Å². The second-order valence-corrected chi connectivity index (χ2v) is 5.99. The van der Waals surface area contributed by atoms with Crippen molar-refractivity contribution in [2.75, 3.05) is 25.6 Å². The molecule has 0 unspecified atom stereocenters. The molecule has 0 spiro atoms. The van der Waals surface area contributed by atoms with Gasteiger partial charge >= 0.3 is 0 Å². The minimum atomic E-state index is -0.770. The highest BCUT2D eigenvalue weighted by Gasteiger charge is 2.30. The van der Waals surface area contributed by atoms with Crippen molar-refractivity contribution < 1.29 is 14.9 Å². The van der Waals surface area contributed by atoms with Crippen molar-refractivity contribution in [3.63, 3.8) is 0 Å². The fraction of sp³-hybridized carbons (Fsp3) is 0.643. The Balaban J connectivity index is 2.19. The molecular weight excluding hydrogens is 302 g/mol. The predicted octanol–water partition coefficient (Wildman–Crippen LogP) is -0.512. The number of aliphatic hydroxyl groups is 2. The Morgan fingerprint density at radius 1 is 1.43 bits per heavy atom. The number of H-pyrrole nitrogens is 1. The Morgan fingerprint density at radius 3 is 2.74 bits per heavy atom. The number of hydrogen-bond donors (Lipinski definition) is 4. The van der Waals surface area contributed by atoms with Crippen LogP contribution in [-0.4, -0.2) is 55.7 Å². The Bertz CT molecular complexity index is 705. The van der Waals surface area contributed by atoms with Gasteiger partial charge in [-0.15, -0.1) is 0 Å². The summed E-state index contributed by atoms with van der Waals surface area (Å²) in [6, 6.07) is 0. The average Bonchev–Trinajstić information content (AvgIpc) is 2.91. The molecule has 9 heteroatoms. The number of rotatable bonds is 8. The van der Waals surface area contributed by atoms with E-state index < -0.39 is 11.0 Å². The lowest BCUT2D eigenvalue weighted by Gasteiger charge is -2.30. The van der Waals surface area contributed by atoms with E-state index in [-0.39, 0.29) is 37.4 Å². The van der Waals surface area contributed by atoms with Gasteiger partial charge in [0.1, 0.15) is 0 Å². The topological polar surface area (TPSA) is 139 Å². The SMILES string of the molecule is CC(C)OCC(CO)(CO)CCn1cnc2c(=O)[nH]c(N)nc21. The molecule has 2 aromatic heterocycles. The number of aromatic amines is 1. The van der Waals surface area contributed by atoms with Crippen molar-refractivity contribution >= 4 is 17.1 Å². The summed E-state index contributed by atoms with van der Waals surface area (Å²) in [6.45, 7) is 4.01. The zero-order valence-corrected chi connectivity index (χ0v) is 13.3. The first-order valence-corrected chi connectivity index (χ1v) is 7.45. The molecule has 2 aromatic rings. The number of nitrogens with two attached hydrogens (primary N) is 1. The number of aryl methyl sites for hydroxylation is 1. The molecule has 0 amide bonds. The molecule has 0 fully saturated rings. The van der Waals surface area contributed by atoms with E-state index in [2.05, 4.69) is 15.0 Å². The van der Waals surface area contributed by atoms with Crippen LogP contribution >= 0.6 is 0 Å². The van der Waals surface area contributed by atoms with Gasteiger partial charge in [0.25, 0.3) is 5.56 Å². The van der Waals surface area contributed by atoms with Crippen LogP contribution in [0.5, 0.6) is 0 Å². The number of ether oxygens (including phenoxy) is 1. The molecule has 2 heterocycles. The van der Waals surface area contributed by atoms with Crippen LogP contribution in [0.25, 0.3) is 11.2 Å². The lowest BCUT2D eigenvalue weighted by Crippen LogP contribution is -2.37. The van der Waals surface area contributed by atoms with Gasteiger partial charge < -0.3 is 25.3 Å². The van der Waals surface area contributed by atoms with E-state index in [4.69, 9.17) is 10.5 Å². The maximum absolute atomic E-state index is 11.8. The number of aromatic nitrogens is 4. The monoisotopic (exact) mass is 325 g/mol. The van der Waals surface area contributed by atoms with Gasteiger partial charge in [0.15, 0.2) is 11.2 Å². The number of imidazole rings is 1. The maximum atomic E-state index is 11.8.